The van der Waals surface area contributed by atoms with Gasteiger partial charge in [-0.1, -0.05) is 33.1 Å². The first-order chi connectivity index (χ1) is 8.86. The number of carboxylic acids is 2. The summed E-state index contributed by atoms with van der Waals surface area (Å²) in [6.45, 7) is 4.02. The van der Waals surface area contributed by atoms with Crippen LogP contribution >= 0.6 is 0 Å². The molecule has 0 bridgehead atoms. The van der Waals surface area contributed by atoms with E-state index in [-0.39, 0.29) is 31.1 Å². The van der Waals surface area contributed by atoms with Gasteiger partial charge in [0.2, 0.25) is 5.91 Å². The van der Waals surface area contributed by atoms with Crippen LogP contribution in [0, 0.1) is 5.92 Å². The van der Waals surface area contributed by atoms with Crippen molar-refractivity contribution in [3.8, 4) is 0 Å². The lowest BCUT2D eigenvalue weighted by Gasteiger charge is -2.15. The van der Waals surface area contributed by atoms with Gasteiger partial charge in [0.25, 0.3) is 0 Å². The highest BCUT2D eigenvalue weighted by molar-refractivity contribution is 5.84. The lowest BCUT2D eigenvalue weighted by Crippen LogP contribution is -2.41. The lowest BCUT2D eigenvalue weighted by atomic mass is 10.00. The molecule has 0 radical (unpaired) electrons. The maximum atomic E-state index is 11.7. The number of nitrogens with one attached hydrogen (secondary N) is 1. The highest BCUT2D eigenvalue weighted by Crippen LogP contribution is 2.12. The van der Waals surface area contributed by atoms with Crippen LogP contribution in [0.2, 0.25) is 0 Å². The number of hydrogen-bond acceptors (Lipinski definition) is 3. The normalized spacial score (nSPS) is 13.6. The van der Waals surface area contributed by atoms with Crippen LogP contribution in [0.3, 0.4) is 0 Å². The largest absolute Gasteiger partial charge is 0.481 e. The van der Waals surface area contributed by atoms with Crippen molar-refractivity contribution in [3.05, 3.63) is 0 Å². The summed E-state index contributed by atoms with van der Waals surface area (Å²) < 4.78 is 0. The van der Waals surface area contributed by atoms with Gasteiger partial charge in [-0.05, 0) is 12.3 Å². The second-order valence-electron chi connectivity index (χ2n) is 4.84. The molecule has 0 aromatic heterocycles. The zero-order valence-corrected chi connectivity index (χ0v) is 11.5. The number of aliphatic carboxylic acids is 2. The zero-order chi connectivity index (χ0) is 14.8. The molecular formula is C13H23NO5. The predicted octanol–water partition coefficient (Wildman–Crippen LogP) is 1.64. The van der Waals surface area contributed by atoms with Crippen molar-refractivity contribution in [2.24, 2.45) is 5.92 Å². The molecule has 19 heavy (non-hydrogen) atoms. The average molecular weight is 273 g/mol. The Morgan fingerprint density at radius 1 is 1.16 bits per heavy atom. The minimum absolute atomic E-state index is 0.0975. The summed E-state index contributed by atoms with van der Waals surface area (Å²) >= 11 is 0. The molecule has 6 nitrogen and oxygen atoms in total. The lowest BCUT2D eigenvalue weighted by molar-refractivity contribution is -0.143. The van der Waals surface area contributed by atoms with Crippen molar-refractivity contribution in [1.29, 1.82) is 0 Å². The van der Waals surface area contributed by atoms with Gasteiger partial charge < -0.3 is 15.5 Å². The Labute approximate surface area is 113 Å². The minimum atomic E-state index is -1.20. The Kier molecular flexibility index (Phi) is 8.57. The molecule has 2 unspecified atom stereocenters. The second-order valence-corrected chi connectivity index (χ2v) is 4.84. The third-order valence-corrected chi connectivity index (χ3v) is 2.86. The summed E-state index contributed by atoms with van der Waals surface area (Å²) in [5.41, 5.74) is 0. The molecule has 0 aromatic rings. The topological polar surface area (TPSA) is 104 Å². The smallest absolute Gasteiger partial charge is 0.326 e. The van der Waals surface area contributed by atoms with Gasteiger partial charge in [0.1, 0.15) is 6.04 Å². The third kappa shape index (κ3) is 9.04. The molecule has 6 heteroatoms. The van der Waals surface area contributed by atoms with E-state index in [1.165, 1.54) is 0 Å². The van der Waals surface area contributed by atoms with E-state index in [1.807, 2.05) is 6.92 Å². The zero-order valence-electron chi connectivity index (χ0n) is 11.5. The van der Waals surface area contributed by atoms with Crippen molar-refractivity contribution in [2.45, 2.75) is 58.4 Å². The molecule has 0 saturated heterocycles. The number of rotatable bonds is 10. The SMILES string of the molecule is CCCCC(C)CC(=O)NC(CCC(=O)O)C(=O)O. The van der Waals surface area contributed by atoms with Crippen LogP contribution < -0.4 is 5.32 Å². The van der Waals surface area contributed by atoms with E-state index in [2.05, 4.69) is 12.2 Å². The van der Waals surface area contributed by atoms with Gasteiger partial charge in [-0.3, -0.25) is 9.59 Å². The summed E-state index contributed by atoms with van der Waals surface area (Å²) in [5.74, 6) is -2.40. The van der Waals surface area contributed by atoms with Gasteiger partial charge in [-0.15, -0.1) is 0 Å². The molecule has 2 atom stereocenters. The first-order valence-corrected chi connectivity index (χ1v) is 6.60. The summed E-state index contributed by atoms with van der Waals surface area (Å²) in [7, 11) is 0. The Balaban J connectivity index is 4.16. The molecule has 0 saturated carbocycles. The molecule has 0 heterocycles. The van der Waals surface area contributed by atoms with E-state index in [0.717, 1.165) is 19.3 Å². The second kappa shape index (κ2) is 9.35. The van der Waals surface area contributed by atoms with Crippen LogP contribution in [0.15, 0.2) is 0 Å². The first-order valence-electron chi connectivity index (χ1n) is 6.60. The van der Waals surface area contributed by atoms with Crippen LogP contribution in [0.4, 0.5) is 0 Å². The monoisotopic (exact) mass is 273 g/mol. The fraction of sp³-hybridized carbons (Fsp3) is 0.769. The van der Waals surface area contributed by atoms with E-state index in [4.69, 9.17) is 10.2 Å². The number of carbonyl (C=O) groups is 3. The van der Waals surface area contributed by atoms with Crippen LogP contribution in [0.25, 0.3) is 0 Å². The molecule has 0 spiro atoms. The Morgan fingerprint density at radius 2 is 1.79 bits per heavy atom. The molecular weight excluding hydrogens is 250 g/mol. The molecule has 3 N–H and O–H groups in total. The molecule has 0 aliphatic heterocycles. The van der Waals surface area contributed by atoms with Crippen LogP contribution in [0.5, 0.6) is 0 Å². The Morgan fingerprint density at radius 3 is 2.26 bits per heavy atom. The maximum absolute atomic E-state index is 11.7. The summed E-state index contributed by atoms with van der Waals surface area (Å²) in [6, 6.07) is -1.12. The number of carboxylic acid groups (broad SMARTS) is 2. The molecule has 1 amide bonds. The van der Waals surface area contributed by atoms with Crippen LogP contribution in [-0.4, -0.2) is 34.1 Å². The first kappa shape index (κ1) is 17.4. The highest BCUT2D eigenvalue weighted by Gasteiger charge is 2.21. The fourth-order valence-corrected chi connectivity index (χ4v) is 1.75. The number of unbranched alkanes of at least 4 members (excludes halogenated alkanes) is 1. The van der Waals surface area contributed by atoms with Gasteiger partial charge in [-0.25, -0.2) is 4.79 Å². The molecule has 0 aliphatic rings. The minimum Gasteiger partial charge on any atom is -0.481 e. The van der Waals surface area contributed by atoms with E-state index in [1.54, 1.807) is 0 Å². The van der Waals surface area contributed by atoms with Gasteiger partial charge in [0.05, 0.1) is 0 Å². The van der Waals surface area contributed by atoms with Crippen molar-refractivity contribution in [3.63, 3.8) is 0 Å². The van der Waals surface area contributed by atoms with Crippen LogP contribution in [-0.2, 0) is 14.4 Å². The maximum Gasteiger partial charge on any atom is 0.326 e. The summed E-state index contributed by atoms with van der Waals surface area (Å²) in [6.07, 6.45) is 2.92. The average Bonchev–Trinajstić information content (AvgIpc) is 2.31. The van der Waals surface area contributed by atoms with Gasteiger partial charge in [-0.2, -0.15) is 0 Å². The molecule has 0 rings (SSSR count). The van der Waals surface area contributed by atoms with E-state index >= 15 is 0 Å². The number of carbonyl (C=O) groups excluding carboxylic acids is 1. The quantitative estimate of drug-likeness (QED) is 0.561. The van der Waals surface area contributed by atoms with Crippen molar-refractivity contribution in [2.75, 3.05) is 0 Å². The van der Waals surface area contributed by atoms with E-state index in [0.29, 0.717) is 0 Å². The number of hydrogen-bond donors (Lipinski definition) is 3. The third-order valence-electron chi connectivity index (χ3n) is 2.86. The van der Waals surface area contributed by atoms with Gasteiger partial charge in [0, 0.05) is 12.8 Å². The molecule has 0 aromatic carbocycles. The number of amides is 1. The van der Waals surface area contributed by atoms with Crippen molar-refractivity contribution < 1.29 is 24.6 Å². The van der Waals surface area contributed by atoms with Gasteiger partial charge >= 0.3 is 11.9 Å². The van der Waals surface area contributed by atoms with Crippen LogP contribution in [0.1, 0.15) is 52.4 Å². The van der Waals surface area contributed by atoms with E-state index in [9.17, 15) is 14.4 Å². The molecule has 0 fully saturated rings. The van der Waals surface area contributed by atoms with Crippen molar-refractivity contribution in [1.82, 2.24) is 5.32 Å². The molecule has 0 aliphatic carbocycles. The van der Waals surface area contributed by atoms with E-state index < -0.39 is 18.0 Å². The predicted molar refractivity (Wildman–Crippen MR) is 69.7 cm³/mol. The Bertz CT molecular complexity index is 316. The fourth-order valence-electron chi connectivity index (χ4n) is 1.75. The van der Waals surface area contributed by atoms with Gasteiger partial charge in [0.15, 0.2) is 0 Å². The Hall–Kier alpha value is -1.59. The summed E-state index contributed by atoms with van der Waals surface area (Å²) in [5, 5.41) is 19.8. The molecule has 110 valence electrons. The highest BCUT2D eigenvalue weighted by atomic mass is 16.4. The summed E-state index contributed by atoms with van der Waals surface area (Å²) in [4.78, 5) is 33.0. The standard InChI is InChI=1S/C13H23NO5/c1-3-4-5-9(2)8-11(15)14-10(13(18)19)6-7-12(16)17/h9-10H,3-8H2,1-2H3,(H,14,15)(H,16,17)(H,18,19). The van der Waals surface area contributed by atoms with Crippen molar-refractivity contribution >= 4 is 17.8 Å².